The lowest BCUT2D eigenvalue weighted by molar-refractivity contribution is -0.126. The zero-order valence-electron chi connectivity index (χ0n) is 20.6. The lowest BCUT2D eigenvalue weighted by Crippen LogP contribution is -2.32. The lowest BCUT2D eigenvalue weighted by atomic mass is 10.0. The molecule has 0 bridgehead atoms. The quantitative estimate of drug-likeness (QED) is 0.467. The molecule has 7 nitrogen and oxygen atoms in total. The van der Waals surface area contributed by atoms with E-state index in [-0.39, 0.29) is 30.7 Å². The Morgan fingerprint density at radius 2 is 1.67 bits per heavy atom. The number of carbonyl (C=O) groups is 3. The largest absolute Gasteiger partial charge is 0.484 e. The first kappa shape index (κ1) is 25.0. The van der Waals surface area contributed by atoms with Gasteiger partial charge in [0, 0.05) is 30.9 Å². The van der Waals surface area contributed by atoms with E-state index in [2.05, 4.69) is 36.6 Å². The molecule has 3 amide bonds. The van der Waals surface area contributed by atoms with Gasteiger partial charge >= 0.3 is 0 Å². The molecule has 2 N–H and O–H groups in total. The highest BCUT2D eigenvalue weighted by atomic mass is 16.5. The molecule has 4 rings (SSSR count). The first-order valence-electron chi connectivity index (χ1n) is 12.1. The Labute approximate surface area is 211 Å². The molecule has 0 radical (unpaired) electrons. The van der Waals surface area contributed by atoms with Crippen molar-refractivity contribution in [2.75, 3.05) is 23.4 Å². The number of nitrogens with one attached hydrogen (secondary N) is 2. The topological polar surface area (TPSA) is 87.7 Å². The Balaban J connectivity index is 1.25. The minimum Gasteiger partial charge on any atom is -0.484 e. The molecule has 0 unspecified atom stereocenters. The van der Waals surface area contributed by atoms with Gasteiger partial charge < -0.3 is 20.3 Å². The molecule has 0 aromatic heterocycles. The second kappa shape index (κ2) is 11.5. The number of nitrogens with zero attached hydrogens (tertiary/aromatic N) is 1. The van der Waals surface area contributed by atoms with Crippen molar-refractivity contribution in [2.45, 2.75) is 32.7 Å². The van der Waals surface area contributed by atoms with Crippen LogP contribution in [0.4, 0.5) is 11.4 Å². The number of anilines is 2. The van der Waals surface area contributed by atoms with Crippen molar-refractivity contribution in [1.82, 2.24) is 5.32 Å². The maximum Gasteiger partial charge on any atom is 0.262 e. The first-order chi connectivity index (χ1) is 17.4. The van der Waals surface area contributed by atoms with Crippen LogP contribution in [-0.4, -0.2) is 30.9 Å². The number of carbonyl (C=O) groups excluding carboxylic acids is 3. The standard InChI is InChI=1S/C29H31N3O4/c1-20(2)22-10-8-21(9-11-22)17-30-29(35)23-16-28(34)32(18-23)25-12-14-26(15-13-25)36-19-27(33)31-24-6-4-3-5-7-24/h3-15,20,23H,16-19H2,1-2H3,(H,30,35)(H,31,33)/t23-/m1/s1. The van der Waals surface area contributed by atoms with E-state index in [1.807, 2.05) is 30.3 Å². The van der Waals surface area contributed by atoms with Gasteiger partial charge in [-0.2, -0.15) is 0 Å². The molecule has 186 valence electrons. The number of benzene rings is 3. The van der Waals surface area contributed by atoms with Gasteiger partial charge in [0.25, 0.3) is 5.91 Å². The Bertz CT molecular complexity index is 1190. The molecule has 1 fully saturated rings. The third-order valence-electron chi connectivity index (χ3n) is 6.18. The number of ether oxygens (including phenoxy) is 1. The Hall–Kier alpha value is -4.13. The minimum atomic E-state index is -0.398. The van der Waals surface area contributed by atoms with Gasteiger partial charge in [0.1, 0.15) is 5.75 Å². The molecule has 1 aliphatic rings. The molecule has 0 spiro atoms. The van der Waals surface area contributed by atoms with Gasteiger partial charge in [-0.1, -0.05) is 56.3 Å². The fraction of sp³-hybridized carbons (Fsp3) is 0.276. The van der Waals surface area contributed by atoms with E-state index >= 15 is 0 Å². The highest BCUT2D eigenvalue weighted by Crippen LogP contribution is 2.27. The molecule has 1 aliphatic heterocycles. The van der Waals surface area contributed by atoms with Crippen molar-refractivity contribution in [3.63, 3.8) is 0 Å². The van der Waals surface area contributed by atoms with Gasteiger partial charge in [-0.25, -0.2) is 0 Å². The van der Waals surface area contributed by atoms with Crippen molar-refractivity contribution in [3.05, 3.63) is 90.0 Å². The monoisotopic (exact) mass is 485 g/mol. The normalized spacial score (nSPS) is 15.1. The Morgan fingerprint density at radius 1 is 0.972 bits per heavy atom. The van der Waals surface area contributed by atoms with Crippen LogP contribution in [0.15, 0.2) is 78.9 Å². The molecule has 0 aliphatic carbocycles. The number of rotatable bonds is 9. The average Bonchev–Trinajstić information content (AvgIpc) is 3.29. The maximum atomic E-state index is 12.7. The van der Waals surface area contributed by atoms with Crippen LogP contribution in [0, 0.1) is 5.92 Å². The molecule has 36 heavy (non-hydrogen) atoms. The summed E-state index contributed by atoms with van der Waals surface area (Å²) in [5.74, 6) is 0.112. The molecular weight excluding hydrogens is 454 g/mol. The summed E-state index contributed by atoms with van der Waals surface area (Å²) in [6.45, 7) is 4.93. The SMILES string of the molecule is CC(C)c1ccc(CNC(=O)[C@@H]2CC(=O)N(c3ccc(OCC(=O)Nc4ccccc4)cc3)C2)cc1. The van der Waals surface area contributed by atoms with Gasteiger partial charge in [-0.05, 0) is 53.4 Å². The third kappa shape index (κ3) is 6.50. The number of hydrogen-bond donors (Lipinski definition) is 2. The summed E-state index contributed by atoms with van der Waals surface area (Å²) in [5.41, 5.74) is 3.69. The zero-order chi connectivity index (χ0) is 25.5. The summed E-state index contributed by atoms with van der Waals surface area (Å²) in [6, 6.07) is 24.3. The van der Waals surface area contributed by atoms with Crippen molar-refractivity contribution >= 4 is 29.1 Å². The van der Waals surface area contributed by atoms with Gasteiger partial charge in [0.2, 0.25) is 11.8 Å². The van der Waals surface area contributed by atoms with Crippen molar-refractivity contribution in [1.29, 1.82) is 0 Å². The van der Waals surface area contributed by atoms with E-state index in [9.17, 15) is 14.4 Å². The summed E-state index contributed by atoms with van der Waals surface area (Å²) in [7, 11) is 0. The summed E-state index contributed by atoms with van der Waals surface area (Å²) in [4.78, 5) is 39.0. The van der Waals surface area contributed by atoms with Crippen molar-refractivity contribution < 1.29 is 19.1 Å². The molecule has 3 aromatic carbocycles. The van der Waals surface area contributed by atoms with Crippen LogP contribution in [0.25, 0.3) is 0 Å². The summed E-state index contributed by atoms with van der Waals surface area (Å²) in [5, 5.41) is 5.72. The van der Waals surface area contributed by atoms with Crippen LogP contribution < -0.4 is 20.3 Å². The van der Waals surface area contributed by atoms with E-state index in [1.165, 1.54) is 5.56 Å². The van der Waals surface area contributed by atoms with Crippen LogP contribution in [0.5, 0.6) is 5.75 Å². The molecular formula is C29H31N3O4. The first-order valence-corrected chi connectivity index (χ1v) is 12.1. The minimum absolute atomic E-state index is 0.0904. The fourth-order valence-corrected chi connectivity index (χ4v) is 4.08. The molecule has 1 saturated heterocycles. The zero-order valence-corrected chi connectivity index (χ0v) is 20.6. The highest BCUT2D eigenvalue weighted by molar-refractivity contribution is 6.00. The van der Waals surface area contributed by atoms with Crippen LogP contribution in [0.3, 0.4) is 0 Å². The molecule has 0 saturated carbocycles. The van der Waals surface area contributed by atoms with Gasteiger partial charge in [0.15, 0.2) is 6.61 Å². The van der Waals surface area contributed by atoms with E-state index in [0.717, 1.165) is 5.56 Å². The maximum absolute atomic E-state index is 12.7. The predicted octanol–water partition coefficient (Wildman–Crippen LogP) is 4.50. The second-order valence-electron chi connectivity index (χ2n) is 9.22. The van der Waals surface area contributed by atoms with Crippen molar-refractivity contribution in [3.8, 4) is 5.75 Å². The number of para-hydroxylation sites is 1. The summed E-state index contributed by atoms with van der Waals surface area (Å²) in [6.07, 6.45) is 0.177. The molecule has 1 heterocycles. The second-order valence-corrected chi connectivity index (χ2v) is 9.22. The third-order valence-corrected chi connectivity index (χ3v) is 6.18. The Kier molecular flexibility index (Phi) is 8.00. The van der Waals surface area contributed by atoms with Gasteiger partial charge in [-0.3, -0.25) is 14.4 Å². The van der Waals surface area contributed by atoms with E-state index in [0.29, 0.717) is 36.1 Å². The van der Waals surface area contributed by atoms with Gasteiger partial charge in [-0.15, -0.1) is 0 Å². The molecule has 7 heteroatoms. The van der Waals surface area contributed by atoms with Crippen LogP contribution >= 0.6 is 0 Å². The summed E-state index contributed by atoms with van der Waals surface area (Å²) < 4.78 is 5.56. The number of hydrogen-bond acceptors (Lipinski definition) is 4. The lowest BCUT2D eigenvalue weighted by Gasteiger charge is -2.17. The smallest absolute Gasteiger partial charge is 0.262 e. The van der Waals surface area contributed by atoms with E-state index in [4.69, 9.17) is 4.74 Å². The van der Waals surface area contributed by atoms with Crippen LogP contribution in [0.2, 0.25) is 0 Å². The fourth-order valence-electron chi connectivity index (χ4n) is 4.08. The van der Waals surface area contributed by atoms with Crippen molar-refractivity contribution in [2.24, 2.45) is 5.92 Å². The van der Waals surface area contributed by atoms with E-state index < -0.39 is 5.92 Å². The van der Waals surface area contributed by atoms with Gasteiger partial charge in [0.05, 0.1) is 5.92 Å². The molecule has 1 atom stereocenters. The highest BCUT2D eigenvalue weighted by Gasteiger charge is 2.35. The summed E-state index contributed by atoms with van der Waals surface area (Å²) >= 11 is 0. The van der Waals surface area contributed by atoms with E-state index in [1.54, 1.807) is 41.3 Å². The molecule has 3 aromatic rings. The average molecular weight is 486 g/mol. The number of amides is 3. The van der Waals surface area contributed by atoms with Crippen LogP contribution in [0.1, 0.15) is 37.3 Å². The predicted molar refractivity (Wildman–Crippen MR) is 140 cm³/mol. The Morgan fingerprint density at radius 3 is 2.33 bits per heavy atom. The van der Waals surface area contributed by atoms with Crippen LogP contribution in [-0.2, 0) is 20.9 Å².